The van der Waals surface area contributed by atoms with Gasteiger partial charge in [0.2, 0.25) is 5.89 Å². The molecule has 1 unspecified atom stereocenters. The van der Waals surface area contributed by atoms with E-state index in [-0.39, 0.29) is 12.5 Å². The zero-order chi connectivity index (χ0) is 17.3. The molecule has 1 amide bonds. The van der Waals surface area contributed by atoms with Gasteiger partial charge in [0.05, 0.1) is 6.10 Å². The lowest BCUT2D eigenvalue weighted by Gasteiger charge is -2.06. The second kappa shape index (κ2) is 6.81. The minimum absolute atomic E-state index is 0.180. The summed E-state index contributed by atoms with van der Waals surface area (Å²) in [4.78, 5) is 16.4. The van der Waals surface area contributed by atoms with Gasteiger partial charge in [0.25, 0.3) is 5.91 Å². The summed E-state index contributed by atoms with van der Waals surface area (Å²) in [5.74, 6) is 0.0810. The van der Waals surface area contributed by atoms with Crippen LogP contribution in [0.25, 0.3) is 22.6 Å². The number of nitrogens with one attached hydrogen (secondary N) is 1. The first-order chi connectivity index (χ1) is 11.4. The number of aliphatic hydroxyl groups is 1. The molecular weight excluding hydrogens is 351 g/mol. The summed E-state index contributed by atoms with van der Waals surface area (Å²) in [5, 5.41) is 12.8. The van der Waals surface area contributed by atoms with Crippen LogP contribution < -0.4 is 5.32 Å². The second-order valence-corrected chi connectivity index (χ2v) is 6.29. The van der Waals surface area contributed by atoms with Crippen LogP contribution in [-0.4, -0.2) is 28.6 Å². The van der Waals surface area contributed by atoms with Crippen molar-refractivity contribution in [1.29, 1.82) is 0 Å². The molecule has 124 valence electrons. The average molecular weight is 365 g/mol. The SMILES string of the molecule is CC(O)CNC(=O)c1ccc2nc(-c3cc(Cl)cc(Cl)c3)oc2c1. The number of aliphatic hydroxyl groups excluding tert-OH is 1. The monoisotopic (exact) mass is 364 g/mol. The molecule has 0 aliphatic rings. The molecule has 3 aromatic rings. The summed E-state index contributed by atoms with van der Waals surface area (Å²) in [6.07, 6.45) is -0.609. The standard InChI is InChI=1S/C17H14Cl2N2O3/c1-9(22)8-20-16(23)10-2-3-14-15(6-10)24-17(21-14)11-4-12(18)7-13(19)5-11/h2-7,9,22H,8H2,1H3,(H,20,23). The van der Waals surface area contributed by atoms with Crippen LogP contribution in [-0.2, 0) is 0 Å². The van der Waals surface area contributed by atoms with Crippen molar-refractivity contribution in [1.82, 2.24) is 10.3 Å². The molecule has 24 heavy (non-hydrogen) atoms. The number of fused-ring (bicyclic) bond motifs is 1. The Hall–Kier alpha value is -2.08. The molecule has 2 N–H and O–H groups in total. The van der Waals surface area contributed by atoms with Gasteiger partial charge in [-0.1, -0.05) is 23.2 Å². The number of hydrogen-bond acceptors (Lipinski definition) is 4. The Balaban J connectivity index is 1.93. The van der Waals surface area contributed by atoms with Crippen LogP contribution in [0.3, 0.4) is 0 Å². The van der Waals surface area contributed by atoms with Gasteiger partial charge in [-0.25, -0.2) is 4.98 Å². The van der Waals surface area contributed by atoms with Gasteiger partial charge in [-0.2, -0.15) is 0 Å². The number of hydrogen-bond donors (Lipinski definition) is 2. The molecule has 0 spiro atoms. The van der Waals surface area contributed by atoms with Gasteiger partial charge in [-0.3, -0.25) is 4.79 Å². The summed E-state index contributed by atoms with van der Waals surface area (Å²) in [5.41, 5.74) is 2.18. The highest BCUT2D eigenvalue weighted by Gasteiger charge is 2.13. The number of benzene rings is 2. The molecule has 3 rings (SSSR count). The highest BCUT2D eigenvalue weighted by Crippen LogP contribution is 2.29. The number of rotatable bonds is 4. The summed E-state index contributed by atoms with van der Waals surface area (Å²) in [6.45, 7) is 1.78. The van der Waals surface area contributed by atoms with Crippen LogP contribution in [0.1, 0.15) is 17.3 Å². The highest BCUT2D eigenvalue weighted by atomic mass is 35.5. The Labute approximate surface area is 148 Å². The van der Waals surface area contributed by atoms with Gasteiger partial charge in [0.1, 0.15) is 5.52 Å². The zero-order valence-corrected chi connectivity index (χ0v) is 14.2. The minimum atomic E-state index is -0.609. The van der Waals surface area contributed by atoms with E-state index in [2.05, 4.69) is 10.3 Å². The van der Waals surface area contributed by atoms with Gasteiger partial charge in [-0.15, -0.1) is 0 Å². The first-order valence-electron chi connectivity index (χ1n) is 7.25. The summed E-state index contributed by atoms with van der Waals surface area (Å²) in [7, 11) is 0. The van der Waals surface area contributed by atoms with Crippen molar-refractivity contribution in [2.75, 3.05) is 6.54 Å². The lowest BCUT2D eigenvalue weighted by molar-refractivity contribution is 0.0924. The Bertz CT molecular complexity index is 886. The summed E-state index contributed by atoms with van der Waals surface area (Å²) in [6, 6.07) is 9.99. The van der Waals surface area contributed by atoms with Gasteiger partial charge >= 0.3 is 0 Å². The molecule has 7 heteroatoms. The topological polar surface area (TPSA) is 75.4 Å². The van der Waals surface area contributed by atoms with Crippen LogP contribution in [0.2, 0.25) is 10.0 Å². The van der Waals surface area contributed by atoms with E-state index >= 15 is 0 Å². The first-order valence-corrected chi connectivity index (χ1v) is 8.01. The molecule has 0 saturated heterocycles. The van der Waals surface area contributed by atoms with Crippen molar-refractivity contribution in [3.63, 3.8) is 0 Å². The van der Waals surface area contributed by atoms with E-state index in [4.69, 9.17) is 27.6 Å². The quantitative estimate of drug-likeness (QED) is 0.735. The zero-order valence-electron chi connectivity index (χ0n) is 12.7. The van der Waals surface area contributed by atoms with E-state index < -0.39 is 6.10 Å². The van der Waals surface area contributed by atoms with Crippen molar-refractivity contribution in [2.24, 2.45) is 0 Å². The normalized spacial score (nSPS) is 12.3. The number of amides is 1. The molecule has 0 radical (unpaired) electrons. The Kier molecular flexibility index (Phi) is 4.76. The maximum Gasteiger partial charge on any atom is 0.251 e. The summed E-state index contributed by atoms with van der Waals surface area (Å²) >= 11 is 12.0. The first kappa shape index (κ1) is 16.8. The fourth-order valence-corrected chi connectivity index (χ4v) is 2.74. The molecule has 1 atom stereocenters. The smallest absolute Gasteiger partial charge is 0.251 e. The van der Waals surface area contributed by atoms with Gasteiger partial charge in [0.15, 0.2) is 5.58 Å². The molecule has 0 fully saturated rings. The van der Waals surface area contributed by atoms with Crippen molar-refractivity contribution in [3.8, 4) is 11.5 Å². The molecule has 0 aliphatic heterocycles. The fraction of sp³-hybridized carbons (Fsp3) is 0.176. The third-order valence-electron chi connectivity index (χ3n) is 3.32. The van der Waals surface area contributed by atoms with Crippen LogP contribution in [0.15, 0.2) is 40.8 Å². The predicted molar refractivity (Wildman–Crippen MR) is 93.5 cm³/mol. The van der Waals surface area contributed by atoms with Crippen molar-refractivity contribution >= 4 is 40.2 Å². The molecule has 0 saturated carbocycles. The fourth-order valence-electron chi connectivity index (χ4n) is 2.21. The maximum absolute atomic E-state index is 12.0. The van der Waals surface area contributed by atoms with Crippen LogP contribution in [0.5, 0.6) is 0 Å². The van der Waals surface area contributed by atoms with E-state index in [9.17, 15) is 9.90 Å². The molecule has 5 nitrogen and oxygen atoms in total. The van der Waals surface area contributed by atoms with E-state index in [1.165, 1.54) is 0 Å². The number of oxazole rings is 1. The molecule has 2 aromatic carbocycles. The van der Waals surface area contributed by atoms with Crippen LogP contribution in [0, 0.1) is 0 Å². The van der Waals surface area contributed by atoms with E-state index in [1.54, 1.807) is 43.3 Å². The Morgan fingerprint density at radius 2 is 1.96 bits per heavy atom. The maximum atomic E-state index is 12.0. The second-order valence-electron chi connectivity index (χ2n) is 5.42. The van der Waals surface area contributed by atoms with Crippen LogP contribution in [0.4, 0.5) is 0 Å². The van der Waals surface area contributed by atoms with E-state index in [1.807, 2.05) is 0 Å². The number of halogens is 2. The largest absolute Gasteiger partial charge is 0.436 e. The van der Waals surface area contributed by atoms with Gasteiger partial charge in [0, 0.05) is 27.7 Å². The number of nitrogens with zero attached hydrogens (tertiary/aromatic N) is 1. The lowest BCUT2D eigenvalue weighted by atomic mass is 10.2. The third kappa shape index (κ3) is 3.70. The van der Waals surface area contributed by atoms with E-state index in [0.29, 0.717) is 38.2 Å². The average Bonchev–Trinajstić information content (AvgIpc) is 2.94. The van der Waals surface area contributed by atoms with E-state index in [0.717, 1.165) is 0 Å². The molecule has 1 aromatic heterocycles. The minimum Gasteiger partial charge on any atom is -0.436 e. The van der Waals surface area contributed by atoms with Gasteiger partial charge < -0.3 is 14.8 Å². The van der Waals surface area contributed by atoms with Crippen molar-refractivity contribution < 1.29 is 14.3 Å². The Morgan fingerprint density at radius 3 is 2.62 bits per heavy atom. The highest BCUT2D eigenvalue weighted by molar-refractivity contribution is 6.35. The van der Waals surface area contributed by atoms with Crippen molar-refractivity contribution in [3.05, 3.63) is 52.0 Å². The van der Waals surface area contributed by atoms with Gasteiger partial charge in [-0.05, 0) is 43.3 Å². The molecular formula is C17H14Cl2N2O3. The van der Waals surface area contributed by atoms with Crippen molar-refractivity contribution in [2.45, 2.75) is 13.0 Å². The molecule has 0 aliphatic carbocycles. The predicted octanol–water partition coefficient (Wildman–Crippen LogP) is 3.91. The molecule has 0 bridgehead atoms. The third-order valence-corrected chi connectivity index (χ3v) is 3.75. The van der Waals surface area contributed by atoms with Crippen LogP contribution >= 0.6 is 23.2 Å². The molecule has 1 heterocycles. The Morgan fingerprint density at radius 1 is 1.25 bits per heavy atom. The number of aromatic nitrogens is 1. The summed E-state index contributed by atoms with van der Waals surface area (Å²) < 4.78 is 5.72. The number of carbonyl (C=O) groups excluding carboxylic acids is 1. The number of carbonyl (C=O) groups is 1. The lowest BCUT2D eigenvalue weighted by Crippen LogP contribution is -2.30.